The molecule has 13 heteroatoms. The second-order valence-corrected chi connectivity index (χ2v) is 11.7. The molecule has 0 spiro atoms. The van der Waals surface area contributed by atoms with Gasteiger partial charge in [-0.3, -0.25) is 19.8 Å². The van der Waals surface area contributed by atoms with Gasteiger partial charge in [-0.05, 0) is 48.0 Å². The number of imidazole rings is 1. The van der Waals surface area contributed by atoms with E-state index in [9.17, 15) is 9.59 Å². The molecule has 38 heavy (non-hydrogen) atoms. The number of hydrogen-bond donors (Lipinski definition) is 3. The summed E-state index contributed by atoms with van der Waals surface area (Å²) in [5, 5.41) is 6.58. The zero-order valence-corrected chi connectivity index (χ0v) is 24.6. The van der Waals surface area contributed by atoms with Gasteiger partial charge in [-0.25, -0.2) is 15.0 Å². The zero-order chi connectivity index (χ0) is 28.3. The molecule has 0 aliphatic rings. The van der Waals surface area contributed by atoms with Crippen molar-refractivity contribution in [1.29, 1.82) is 0 Å². The topological polar surface area (TPSA) is 156 Å². The summed E-state index contributed by atoms with van der Waals surface area (Å²) in [6, 6.07) is -0.604. The fourth-order valence-electron chi connectivity index (χ4n) is 3.54. The minimum Gasteiger partial charge on any atom is -0.464 e. The van der Waals surface area contributed by atoms with Crippen LogP contribution in [0.5, 0.6) is 0 Å². The molecule has 12 nitrogen and oxygen atoms in total. The lowest BCUT2D eigenvalue weighted by molar-refractivity contribution is -0.149. The molecule has 3 atom stereocenters. The van der Waals surface area contributed by atoms with Crippen LogP contribution in [0.4, 0.5) is 5.82 Å². The van der Waals surface area contributed by atoms with Crippen molar-refractivity contribution in [3.63, 3.8) is 0 Å². The van der Waals surface area contributed by atoms with E-state index in [1.165, 1.54) is 6.33 Å². The van der Waals surface area contributed by atoms with E-state index in [1.54, 1.807) is 40.9 Å². The summed E-state index contributed by atoms with van der Waals surface area (Å²) in [6.45, 7) is 13.8. The number of esters is 2. The Morgan fingerprint density at radius 2 is 1.87 bits per heavy atom. The molecule has 2 rings (SSSR count). The van der Waals surface area contributed by atoms with Gasteiger partial charge in [-0.15, -0.1) is 0 Å². The quantitative estimate of drug-likeness (QED) is 0.150. The number of unbranched alkanes of at least 4 members (excludes halogenated alkanes) is 3. The molecule has 0 aliphatic heterocycles. The molecule has 0 radical (unpaired) electrons. The van der Waals surface area contributed by atoms with Gasteiger partial charge in [0.1, 0.15) is 23.4 Å². The van der Waals surface area contributed by atoms with E-state index < -0.39 is 19.8 Å². The molecular formula is C25H44N7O5P. The molecule has 2 aromatic heterocycles. The Hall–Kier alpha value is -2.40. The molecule has 0 saturated heterocycles. The standard InChI is InChI=1S/C25H44N7O5P/c1-8-9-10-11-12-35-24(34)25(6,7)31-38(30-19(5)23(33)37-17(2)3)16-36-18(4)13-32-15-29-20-21(26)27-14-28-22(20)32/h14-15,17-19,30-31H,8-13,16H2,1-7H3,(H2,26,27,28)/t18-,19-,38?/m1/s1. The van der Waals surface area contributed by atoms with Crippen molar-refractivity contribution in [2.24, 2.45) is 0 Å². The number of nitrogens with two attached hydrogens (primary N) is 1. The first kappa shape index (κ1) is 31.8. The molecule has 0 aromatic carbocycles. The predicted octanol–water partition coefficient (Wildman–Crippen LogP) is 3.50. The number of nitrogen functional groups attached to an aromatic ring is 1. The van der Waals surface area contributed by atoms with Crippen LogP contribution in [0.2, 0.25) is 0 Å². The summed E-state index contributed by atoms with van der Waals surface area (Å²) < 4.78 is 18.9. The van der Waals surface area contributed by atoms with Gasteiger partial charge < -0.3 is 24.5 Å². The van der Waals surface area contributed by atoms with Gasteiger partial charge >= 0.3 is 11.9 Å². The van der Waals surface area contributed by atoms with E-state index in [1.807, 2.05) is 11.5 Å². The van der Waals surface area contributed by atoms with Gasteiger partial charge in [0.15, 0.2) is 11.5 Å². The molecule has 214 valence electrons. The van der Waals surface area contributed by atoms with Crippen LogP contribution < -0.4 is 15.9 Å². The summed E-state index contributed by atoms with van der Waals surface area (Å²) in [4.78, 5) is 37.8. The van der Waals surface area contributed by atoms with Crippen molar-refractivity contribution >= 4 is 37.1 Å². The second kappa shape index (κ2) is 15.3. The third kappa shape index (κ3) is 10.1. The monoisotopic (exact) mass is 553 g/mol. The third-order valence-corrected chi connectivity index (χ3v) is 7.52. The molecule has 4 N–H and O–H groups in total. The van der Waals surface area contributed by atoms with Crippen LogP contribution in [0, 0.1) is 0 Å². The Labute approximate surface area is 226 Å². The lowest BCUT2D eigenvalue weighted by Crippen LogP contribution is -2.49. The number of anilines is 1. The number of rotatable bonds is 17. The number of nitrogens with zero attached hydrogens (tertiary/aromatic N) is 4. The molecular weight excluding hydrogens is 509 g/mol. The van der Waals surface area contributed by atoms with Crippen LogP contribution in [0.25, 0.3) is 11.2 Å². The highest BCUT2D eigenvalue weighted by Crippen LogP contribution is 2.31. The molecule has 0 aliphatic carbocycles. The number of nitrogens with one attached hydrogen (secondary N) is 2. The van der Waals surface area contributed by atoms with E-state index in [2.05, 4.69) is 32.1 Å². The number of aromatic nitrogens is 4. The normalized spacial score (nSPS) is 14.4. The largest absolute Gasteiger partial charge is 0.464 e. The highest BCUT2D eigenvalue weighted by Gasteiger charge is 2.33. The summed E-state index contributed by atoms with van der Waals surface area (Å²) in [5.41, 5.74) is 6.06. The van der Waals surface area contributed by atoms with Crippen molar-refractivity contribution in [3.05, 3.63) is 12.7 Å². The Balaban J connectivity index is 2.03. The number of ether oxygens (including phenoxy) is 3. The summed E-state index contributed by atoms with van der Waals surface area (Å²) in [5.74, 6) is -0.405. The van der Waals surface area contributed by atoms with Gasteiger partial charge in [-0.1, -0.05) is 26.2 Å². The number of hydrogen-bond acceptors (Lipinski definition) is 11. The average Bonchev–Trinajstić information content (AvgIpc) is 3.25. The third-order valence-electron chi connectivity index (χ3n) is 5.58. The van der Waals surface area contributed by atoms with Crippen molar-refractivity contribution in [3.8, 4) is 0 Å². The lowest BCUT2D eigenvalue weighted by atomic mass is 10.1. The second-order valence-electron chi connectivity index (χ2n) is 10.1. The van der Waals surface area contributed by atoms with Crippen molar-refractivity contribution in [1.82, 2.24) is 29.7 Å². The van der Waals surface area contributed by atoms with Gasteiger partial charge in [0.2, 0.25) is 0 Å². The highest BCUT2D eigenvalue weighted by atomic mass is 31.1. The Morgan fingerprint density at radius 1 is 1.13 bits per heavy atom. The van der Waals surface area contributed by atoms with Crippen molar-refractivity contribution in [2.45, 2.75) is 104 Å². The maximum atomic E-state index is 12.8. The first-order chi connectivity index (χ1) is 17.9. The molecule has 2 aromatic rings. The number of carbonyl (C=O) groups excluding carboxylic acids is 2. The first-order valence-corrected chi connectivity index (χ1v) is 14.7. The molecule has 0 bridgehead atoms. The lowest BCUT2D eigenvalue weighted by Gasteiger charge is -2.32. The maximum absolute atomic E-state index is 12.8. The molecule has 0 fully saturated rings. The van der Waals surface area contributed by atoms with Crippen LogP contribution in [-0.2, 0) is 30.3 Å². The fraction of sp³-hybridized carbons (Fsp3) is 0.720. The van der Waals surface area contributed by atoms with Crippen molar-refractivity contribution < 1.29 is 23.8 Å². The zero-order valence-electron chi connectivity index (χ0n) is 23.7. The molecule has 0 saturated carbocycles. The SMILES string of the molecule is CCCCCCOC(=O)C(C)(C)NP(CO[C@H](C)Cn1cnc2c(N)ncnc21)N[C@H](C)C(=O)OC(C)C. The number of fused-ring (bicyclic) bond motifs is 1. The Bertz CT molecular complexity index is 1030. The molecule has 2 heterocycles. The van der Waals surface area contributed by atoms with Gasteiger partial charge in [0.25, 0.3) is 0 Å². The van der Waals surface area contributed by atoms with Gasteiger partial charge in [0.05, 0.1) is 46.3 Å². The van der Waals surface area contributed by atoms with Crippen LogP contribution in [-0.4, -0.2) is 68.2 Å². The van der Waals surface area contributed by atoms with Crippen LogP contribution in [0.1, 0.15) is 74.1 Å². The van der Waals surface area contributed by atoms with Crippen LogP contribution in [0.3, 0.4) is 0 Å². The van der Waals surface area contributed by atoms with E-state index in [0.29, 0.717) is 30.1 Å². The Morgan fingerprint density at radius 3 is 2.55 bits per heavy atom. The maximum Gasteiger partial charge on any atom is 0.326 e. The fourth-order valence-corrected chi connectivity index (χ4v) is 5.49. The smallest absolute Gasteiger partial charge is 0.326 e. The van der Waals surface area contributed by atoms with Gasteiger partial charge in [-0.2, -0.15) is 0 Å². The summed E-state index contributed by atoms with van der Waals surface area (Å²) >= 11 is 0. The van der Waals surface area contributed by atoms with E-state index in [0.717, 1.165) is 25.7 Å². The molecule has 1 unspecified atom stereocenters. The van der Waals surface area contributed by atoms with E-state index >= 15 is 0 Å². The highest BCUT2D eigenvalue weighted by molar-refractivity contribution is 7.53. The van der Waals surface area contributed by atoms with E-state index in [4.69, 9.17) is 19.9 Å². The Kier molecular flexibility index (Phi) is 12.8. The van der Waals surface area contributed by atoms with Crippen LogP contribution >= 0.6 is 8.22 Å². The molecule has 0 amide bonds. The van der Waals surface area contributed by atoms with Crippen molar-refractivity contribution in [2.75, 3.05) is 18.7 Å². The minimum absolute atomic E-state index is 0.229. The summed E-state index contributed by atoms with van der Waals surface area (Å²) in [6.07, 6.45) is 6.91. The number of carbonyl (C=O) groups is 2. The predicted molar refractivity (Wildman–Crippen MR) is 148 cm³/mol. The van der Waals surface area contributed by atoms with Gasteiger partial charge in [0, 0.05) is 0 Å². The van der Waals surface area contributed by atoms with E-state index in [-0.39, 0.29) is 30.5 Å². The average molecular weight is 554 g/mol. The van der Waals surface area contributed by atoms with Crippen LogP contribution in [0.15, 0.2) is 12.7 Å². The minimum atomic E-state index is -1.33. The summed E-state index contributed by atoms with van der Waals surface area (Å²) in [7, 11) is -1.33. The first-order valence-electron chi connectivity index (χ1n) is 13.2.